The lowest BCUT2D eigenvalue weighted by molar-refractivity contribution is 0.851. The first-order chi connectivity index (χ1) is 17.4. The molecule has 6 aromatic carbocycles. The van der Waals surface area contributed by atoms with E-state index in [1.807, 2.05) is 12.4 Å². The zero-order valence-corrected chi connectivity index (χ0v) is 19.6. The van der Waals surface area contributed by atoms with Gasteiger partial charge in [0.25, 0.3) is 0 Å². The summed E-state index contributed by atoms with van der Waals surface area (Å²) >= 11 is 0. The van der Waals surface area contributed by atoms with Crippen LogP contribution < -0.4 is 0 Å². The fraction of sp³-hybridized carbons (Fsp3) is 0.0909. The number of rotatable bonds is 6. The van der Waals surface area contributed by atoms with Crippen LogP contribution in [0, 0.1) is 0 Å². The summed E-state index contributed by atoms with van der Waals surface area (Å²) in [5, 5.41) is 9.98. The van der Waals surface area contributed by atoms with E-state index in [9.17, 15) is 0 Å². The lowest BCUT2D eigenvalue weighted by Crippen LogP contribution is -1.93. The van der Waals surface area contributed by atoms with E-state index < -0.39 is 0 Å². The van der Waals surface area contributed by atoms with Gasteiger partial charge in [0.05, 0.1) is 0 Å². The lowest BCUT2D eigenvalue weighted by atomic mass is 9.97. The van der Waals surface area contributed by atoms with Crippen LogP contribution in [0.4, 0.5) is 0 Å². The summed E-state index contributed by atoms with van der Waals surface area (Å²) in [5.41, 5.74) is 2.40. The molecular formula is C33H26N2. The van der Waals surface area contributed by atoms with Crippen LogP contribution in [0.1, 0.15) is 17.5 Å². The quantitative estimate of drug-likeness (QED) is 0.139. The molecule has 35 heavy (non-hydrogen) atoms. The molecule has 0 spiro atoms. The minimum atomic E-state index is 0.755. The predicted octanol–water partition coefficient (Wildman–Crippen LogP) is 8.23. The highest BCUT2D eigenvalue weighted by atomic mass is 14.7. The van der Waals surface area contributed by atoms with Gasteiger partial charge < -0.3 is 0 Å². The lowest BCUT2D eigenvalue weighted by Gasteiger charge is -2.08. The summed E-state index contributed by atoms with van der Waals surface area (Å²) in [4.78, 5) is 9.57. The second-order valence-electron chi connectivity index (χ2n) is 8.89. The van der Waals surface area contributed by atoms with Crippen LogP contribution in [-0.2, 0) is 0 Å². The molecule has 0 saturated heterocycles. The van der Waals surface area contributed by atoms with Crippen molar-refractivity contribution in [1.29, 1.82) is 0 Å². The van der Waals surface area contributed by atoms with Crippen molar-refractivity contribution in [2.75, 3.05) is 13.1 Å². The van der Waals surface area contributed by atoms with Crippen molar-refractivity contribution in [3.8, 4) is 0 Å². The number of nitrogens with zero attached hydrogens (tertiary/aromatic N) is 2. The molecule has 0 radical (unpaired) electrons. The van der Waals surface area contributed by atoms with E-state index in [0.29, 0.717) is 0 Å². The zero-order valence-electron chi connectivity index (χ0n) is 19.6. The third-order valence-electron chi connectivity index (χ3n) is 6.64. The Hall–Kier alpha value is -4.30. The fourth-order valence-corrected chi connectivity index (χ4v) is 4.94. The minimum absolute atomic E-state index is 0.755. The number of aliphatic imine (C=N–C) groups is 2. The maximum atomic E-state index is 4.79. The van der Waals surface area contributed by atoms with Gasteiger partial charge in [0, 0.05) is 36.6 Å². The molecule has 6 rings (SSSR count). The Morgan fingerprint density at radius 3 is 1.09 bits per heavy atom. The number of benzene rings is 6. The van der Waals surface area contributed by atoms with Crippen LogP contribution in [0.15, 0.2) is 119 Å². The second kappa shape index (κ2) is 9.52. The molecule has 0 aliphatic rings. The van der Waals surface area contributed by atoms with Crippen LogP contribution >= 0.6 is 0 Å². The molecule has 0 aromatic heterocycles. The third kappa shape index (κ3) is 4.20. The van der Waals surface area contributed by atoms with Gasteiger partial charge in [-0.1, -0.05) is 97.1 Å². The van der Waals surface area contributed by atoms with Crippen LogP contribution in [-0.4, -0.2) is 25.5 Å². The maximum Gasteiger partial charge on any atom is 0.0407 e. The zero-order chi connectivity index (χ0) is 23.5. The average Bonchev–Trinajstić information content (AvgIpc) is 2.91. The molecule has 0 fully saturated rings. The van der Waals surface area contributed by atoms with E-state index in [1.165, 1.54) is 54.2 Å². The average molecular weight is 451 g/mol. The molecule has 0 N–H and O–H groups in total. The van der Waals surface area contributed by atoms with Gasteiger partial charge in [-0.15, -0.1) is 0 Å². The van der Waals surface area contributed by atoms with E-state index in [0.717, 1.165) is 19.5 Å². The van der Waals surface area contributed by atoms with Gasteiger partial charge in [-0.25, -0.2) is 0 Å². The first kappa shape index (κ1) is 21.2. The largest absolute Gasteiger partial charge is 0.292 e. The van der Waals surface area contributed by atoms with Crippen molar-refractivity contribution in [3.63, 3.8) is 0 Å². The summed E-state index contributed by atoms with van der Waals surface area (Å²) in [6, 6.07) is 38.7. The van der Waals surface area contributed by atoms with Gasteiger partial charge in [-0.2, -0.15) is 0 Å². The van der Waals surface area contributed by atoms with Gasteiger partial charge in [-0.05, 0) is 61.6 Å². The van der Waals surface area contributed by atoms with Crippen molar-refractivity contribution in [2.24, 2.45) is 9.98 Å². The first-order valence-electron chi connectivity index (χ1n) is 12.2. The van der Waals surface area contributed by atoms with Gasteiger partial charge in [0.1, 0.15) is 0 Å². The smallest absolute Gasteiger partial charge is 0.0407 e. The number of hydrogen-bond donors (Lipinski definition) is 0. The van der Waals surface area contributed by atoms with E-state index in [-0.39, 0.29) is 0 Å². The highest BCUT2D eigenvalue weighted by Gasteiger charge is 2.06. The van der Waals surface area contributed by atoms with E-state index in [1.54, 1.807) is 0 Å². The van der Waals surface area contributed by atoms with Gasteiger partial charge >= 0.3 is 0 Å². The molecule has 0 saturated carbocycles. The van der Waals surface area contributed by atoms with E-state index in [2.05, 4.69) is 109 Å². The molecule has 0 aliphatic heterocycles. The van der Waals surface area contributed by atoms with Crippen LogP contribution in [0.2, 0.25) is 0 Å². The molecule has 0 aliphatic carbocycles. The second-order valence-corrected chi connectivity index (χ2v) is 8.89. The Kier molecular flexibility index (Phi) is 5.78. The Morgan fingerprint density at radius 2 is 0.743 bits per heavy atom. The maximum absolute atomic E-state index is 4.79. The topological polar surface area (TPSA) is 24.7 Å². The Morgan fingerprint density at radius 1 is 0.429 bits per heavy atom. The molecule has 0 unspecified atom stereocenters. The molecule has 0 atom stereocenters. The van der Waals surface area contributed by atoms with Gasteiger partial charge in [0.2, 0.25) is 0 Å². The summed E-state index contributed by atoms with van der Waals surface area (Å²) < 4.78 is 0. The van der Waals surface area contributed by atoms with Crippen molar-refractivity contribution < 1.29 is 0 Å². The molecule has 168 valence electrons. The molecule has 2 heteroatoms. The van der Waals surface area contributed by atoms with Gasteiger partial charge in [-0.3, -0.25) is 9.98 Å². The Labute approximate surface area is 205 Å². The minimum Gasteiger partial charge on any atom is -0.292 e. The SMILES string of the molecule is C(=NCCCN=Cc1c2ccccc2cc2ccccc12)c1c2ccccc2cc2ccccc12. The summed E-state index contributed by atoms with van der Waals surface area (Å²) in [6.45, 7) is 1.51. The normalized spacial score (nSPS) is 12.1. The molecule has 2 nitrogen and oxygen atoms in total. The van der Waals surface area contributed by atoms with Crippen LogP contribution in [0.3, 0.4) is 0 Å². The molecule has 6 aromatic rings. The molecular weight excluding hydrogens is 424 g/mol. The highest BCUT2D eigenvalue weighted by molar-refractivity contribution is 6.14. The standard InChI is InChI=1S/C33H26N2/c1-5-14-28-24(10-1)20-25-11-2-6-15-29(25)32(28)22-34-18-9-19-35-23-33-30-16-7-3-12-26(30)21-27-13-4-8-17-31(27)33/h1-8,10-17,20-23H,9,18-19H2. The van der Waals surface area contributed by atoms with E-state index in [4.69, 9.17) is 9.98 Å². The fourth-order valence-electron chi connectivity index (χ4n) is 4.94. The molecule has 0 heterocycles. The number of fused-ring (bicyclic) bond motifs is 4. The molecule has 0 amide bonds. The Balaban J connectivity index is 1.20. The Bertz CT molecular complexity index is 1490. The van der Waals surface area contributed by atoms with Crippen molar-refractivity contribution >= 4 is 55.5 Å². The predicted molar refractivity (Wildman–Crippen MR) is 152 cm³/mol. The van der Waals surface area contributed by atoms with Crippen molar-refractivity contribution in [1.82, 2.24) is 0 Å². The highest BCUT2D eigenvalue weighted by Crippen LogP contribution is 2.28. The van der Waals surface area contributed by atoms with Crippen LogP contribution in [0.25, 0.3) is 43.1 Å². The number of hydrogen-bond acceptors (Lipinski definition) is 2. The summed E-state index contributed by atoms with van der Waals surface area (Å²) in [6.07, 6.45) is 5.01. The third-order valence-corrected chi connectivity index (χ3v) is 6.64. The summed E-state index contributed by atoms with van der Waals surface area (Å²) in [5.74, 6) is 0. The van der Waals surface area contributed by atoms with E-state index >= 15 is 0 Å². The first-order valence-corrected chi connectivity index (χ1v) is 12.2. The molecule has 0 bridgehead atoms. The van der Waals surface area contributed by atoms with Crippen molar-refractivity contribution in [2.45, 2.75) is 6.42 Å². The van der Waals surface area contributed by atoms with Crippen molar-refractivity contribution in [3.05, 3.63) is 120 Å². The summed E-state index contributed by atoms with van der Waals surface area (Å²) in [7, 11) is 0. The monoisotopic (exact) mass is 450 g/mol. The van der Waals surface area contributed by atoms with Crippen LogP contribution in [0.5, 0.6) is 0 Å². The van der Waals surface area contributed by atoms with Gasteiger partial charge in [0.15, 0.2) is 0 Å².